The summed E-state index contributed by atoms with van der Waals surface area (Å²) in [5, 5.41) is 2.90. The van der Waals surface area contributed by atoms with E-state index in [0.29, 0.717) is 5.92 Å². The second kappa shape index (κ2) is 5.35. The van der Waals surface area contributed by atoms with Gasteiger partial charge in [-0.05, 0) is 31.6 Å². The standard InChI is InChI=1S/C11H22N2O/c1-8-3-5-10(6-4-8)7-13-11(14)9(2)12/h8-10H,3-7,12H2,1-2H3,(H,13,14)/t8?,9-,10?/m1/s1. The van der Waals surface area contributed by atoms with Gasteiger partial charge in [-0.15, -0.1) is 0 Å². The molecule has 3 nitrogen and oxygen atoms in total. The van der Waals surface area contributed by atoms with Crippen molar-refractivity contribution in [3.63, 3.8) is 0 Å². The summed E-state index contributed by atoms with van der Waals surface area (Å²) in [6.07, 6.45) is 5.11. The minimum atomic E-state index is -0.377. The maximum absolute atomic E-state index is 11.2. The van der Waals surface area contributed by atoms with E-state index in [9.17, 15) is 4.79 Å². The zero-order chi connectivity index (χ0) is 10.6. The zero-order valence-corrected chi connectivity index (χ0v) is 9.25. The topological polar surface area (TPSA) is 55.1 Å². The summed E-state index contributed by atoms with van der Waals surface area (Å²) in [7, 11) is 0. The Morgan fingerprint density at radius 1 is 1.43 bits per heavy atom. The van der Waals surface area contributed by atoms with Crippen molar-refractivity contribution in [3.05, 3.63) is 0 Å². The molecule has 0 aromatic heterocycles. The average Bonchev–Trinajstić information content (AvgIpc) is 2.16. The summed E-state index contributed by atoms with van der Waals surface area (Å²) in [6.45, 7) is 4.84. The minimum absolute atomic E-state index is 0.0244. The van der Waals surface area contributed by atoms with E-state index in [1.807, 2.05) is 0 Å². The molecular formula is C11H22N2O. The van der Waals surface area contributed by atoms with Crippen LogP contribution in [0.1, 0.15) is 39.5 Å². The molecule has 3 heteroatoms. The van der Waals surface area contributed by atoms with Gasteiger partial charge in [-0.25, -0.2) is 0 Å². The molecule has 82 valence electrons. The van der Waals surface area contributed by atoms with Gasteiger partial charge in [-0.3, -0.25) is 4.79 Å². The third-order valence-electron chi connectivity index (χ3n) is 3.11. The van der Waals surface area contributed by atoms with E-state index in [1.165, 1.54) is 25.7 Å². The Morgan fingerprint density at radius 2 is 2.00 bits per heavy atom. The fraction of sp³-hybridized carbons (Fsp3) is 0.909. The van der Waals surface area contributed by atoms with Gasteiger partial charge >= 0.3 is 0 Å². The first-order chi connectivity index (χ1) is 6.59. The van der Waals surface area contributed by atoms with Crippen LogP contribution in [0.15, 0.2) is 0 Å². The van der Waals surface area contributed by atoms with Crippen LogP contribution in [0.3, 0.4) is 0 Å². The molecule has 0 spiro atoms. The molecule has 1 fully saturated rings. The molecule has 1 saturated carbocycles. The van der Waals surface area contributed by atoms with E-state index in [2.05, 4.69) is 12.2 Å². The summed E-state index contributed by atoms with van der Waals surface area (Å²) in [6, 6.07) is -0.377. The predicted molar refractivity (Wildman–Crippen MR) is 57.8 cm³/mol. The monoisotopic (exact) mass is 198 g/mol. The zero-order valence-electron chi connectivity index (χ0n) is 9.25. The number of hydrogen-bond donors (Lipinski definition) is 2. The molecule has 1 amide bonds. The molecule has 3 N–H and O–H groups in total. The van der Waals surface area contributed by atoms with Crippen molar-refractivity contribution in [1.82, 2.24) is 5.32 Å². The van der Waals surface area contributed by atoms with Crippen LogP contribution in [0.2, 0.25) is 0 Å². The van der Waals surface area contributed by atoms with Gasteiger partial charge in [-0.2, -0.15) is 0 Å². The Bertz CT molecular complexity index is 184. The van der Waals surface area contributed by atoms with E-state index in [4.69, 9.17) is 5.73 Å². The smallest absolute Gasteiger partial charge is 0.236 e. The van der Waals surface area contributed by atoms with E-state index in [0.717, 1.165) is 12.5 Å². The third kappa shape index (κ3) is 3.66. The number of carbonyl (C=O) groups excluding carboxylic acids is 1. The maximum atomic E-state index is 11.2. The molecular weight excluding hydrogens is 176 g/mol. The van der Waals surface area contributed by atoms with Crippen LogP contribution in [0.5, 0.6) is 0 Å². The molecule has 0 bridgehead atoms. The number of carbonyl (C=O) groups is 1. The van der Waals surface area contributed by atoms with Gasteiger partial charge in [0.05, 0.1) is 6.04 Å². The summed E-state index contributed by atoms with van der Waals surface area (Å²) in [5.74, 6) is 1.52. The van der Waals surface area contributed by atoms with Crippen molar-refractivity contribution < 1.29 is 4.79 Å². The van der Waals surface area contributed by atoms with Crippen molar-refractivity contribution in [2.45, 2.75) is 45.6 Å². The summed E-state index contributed by atoms with van der Waals surface area (Å²) in [5.41, 5.74) is 5.46. The van der Waals surface area contributed by atoms with Crippen LogP contribution in [0.4, 0.5) is 0 Å². The minimum Gasteiger partial charge on any atom is -0.354 e. The highest BCUT2D eigenvalue weighted by molar-refractivity contribution is 5.80. The molecule has 1 aliphatic carbocycles. The van der Waals surface area contributed by atoms with Gasteiger partial charge in [0.1, 0.15) is 0 Å². The fourth-order valence-corrected chi connectivity index (χ4v) is 1.94. The molecule has 0 aromatic carbocycles. The highest BCUT2D eigenvalue weighted by Gasteiger charge is 2.18. The lowest BCUT2D eigenvalue weighted by Gasteiger charge is -2.26. The molecule has 1 atom stereocenters. The predicted octanol–water partition coefficient (Wildman–Crippen LogP) is 1.28. The van der Waals surface area contributed by atoms with E-state index in [1.54, 1.807) is 6.92 Å². The Balaban J connectivity index is 2.16. The molecule has 0 aromatic rings. The summed E-state index contributed by atoms with van der Waals surface area (Å²) < 4.78 is 0. The second-order valence-electron chi connectivity index (χ2n) is 4.66. The molecule has 0 radical (unpaired) electrons. The van der Waals surface area contributed by atoms with Gasteiger partial charge in [0.2, 0.25) is 5.91 Å². The summed E-state index contributed by atoms with van der Waals surface area (Å²) in [4.78, 5) is 11.2. The van der Waals surface area contributed by atoms with Crippen LogP contribution in [-0.4, -0.2) is 18.5 Å². The molecule has 0 heterocycles. The number of nitrogens with two attached hydrogens (primary N) is 1. The highest BCUT2D eigenvalue weighted by atomic mass is 16.2. The van der Waals surface area contributed by atoms with Crippen LogP contribution in [0.25, 0.3) is 0 Å². The third-order valence-corrected chi connectivity index (χ3v) is 3.11. The first kappa shape index (κ1) is 11.5. The fourth-order valence-electron chi connectivity index (χ4n) is 1.94. The first-order valence-corrected chi connectivity index (χ1v) is 5.63. The number of rotatable bonds is 3. The SMILES string of the molecule is CC1CCC(CNC(=O)[C@@H](C)N)CC1. The molecule has 1 aliphatic rings. The van der Waals surface area contributed by atoms with Gasteiger partial charge < -0.3 is 11.1 Å². The van der Waals surface area contributed by atoms with E-state index < -0.39 is 0 Å². The van der Waals surface area contributed by atoms with E-state index >= 15 is 0 Å². The van der Waals surface area contributed by atoms with Crippen molar-refractivity contribution >= 4 is 5.91 Å². The highest BCUT2D eigenvalue weighted by Crippen LogP contribution is 2.27. The molecule has 0 saturated heterocycles. The first-order valence-electron chi connectivity index (χ1n) is 5.63. The lowest BCUT2D eigenvalue weighted by molar-refractivity contribution is -0.122. The largest absolute Gasteiger partial charge is 0.354 e. The second-order valence-corrected chi connectivity index (χ2v) is 4.66. The van der Waals surface area contributed by atoms with Crippen molar-refractivity contribution in [2.24, 2.45) is 17.6 Å². The van der Waals surface area contributed by atoms with Gasteiger partial charge in [0.15, 0.2) is 0 Å². The van der Waals surface area contributed by atoms with Crippen LogP contribution in [-0.2, 0) is 4.79 Å². The number of nitrogens with one attached hydrogen (secondary N) is 1. The normalized spacial score (nSPS) is 29.6. The molecule has 1 rings (SSSR count). The van der Waals surface area contributed by atoms with E-state index in [-0.39, 0.29) is 11.9 Å². The quantitative estimate of drug-likeness (QED) is 0.717. The van der Waals surface area contributed by atoms with Gasteiger partial charge in [-0.1, -0.05) is 19.8 Å². The molecule has 14 heavy (non-hydrogen) atoms. The maximum Gasteiger partial charge on any atom is 0.236 e. The Kier molecular flexibility index (Phi) is 4.39. The van der Waals surface area contributed by atoms with Crippen molar-refractivity contribution in [1.29, 1.82) is 0 Å². The lowest BCUT2D eigenvalue weighted by atomic mass is 9.83. The molecule has 0 unspecified atom stereocenters. The Morgan fingerprint density at radius 3 is 2.50 bits per heavy atom. The van der Waals surface area contributed by atoms with Crippen LogP contribution in [0, 0.1) is 11.8 Å². The van der Waals surface area contributed by atoms with Crippen molar-refractivity contribution in [2.75, 3.05) is 6.54 Å². The van der Waals surface area contributed by atoms with Crippen LogP contribution < -0.4 is 11.1 Å². The lowest BCUT2D eigenvalue weighted by Crippen LogP contribution is -2.40. The Hall–Kier alpha value is -0.570. The molecule has 0 aliphatic heterocycles. The van der Waals surface area contributed by atoms with Crippen LogP contribution >= 0.6 is 0 Å². The number of amides is 1. The summed E-state index contributed by atoms with van der Waals surface area (Å²) >= 11 is 0. The average molecular weight is 198 g/mol. The number of hydrogen-bond acceptors (Lipinski definition) is 2. The Labute approximate surface area is 86.4 Å². The van der Waals surface area contributed by atoms with Gasteiger partial charge in [0.25, 0.3) is 0 Å². The van der Waals surface area contributed by atoms with Crippen molar-refractivity contribution in [3.8, 4) is 0 Å². The van der Waals surface area contributed by atoms with Gasteiger partial charge in [0, 0.05) is 6.54 Å².